The van der Waals surface area contributed by atoms with Gasteiger partial charge in [0.25, 0.3) is 0 Å². The second-order valence-electron chi connectivity index (χ2n) is 18.1. The molecule has 57 heavy (non-hydrogen) atoms. The van der Waals surface area contributed by atoms with Crippen LogP contribution in [0.15, 0.2) is 24.3 Å². The number of aliphatic hydroxyl groups excluding tert-OH is 2. The molecule has 8 saturated heterocycles. The molecule has 8 heterocycles. The molecule has 1 spiro atoms. The third kappa shape index (κ3) is 9.41. The Hall–Kier alpha value is -1.82. The van der Waals surface area contributed by atoms with Crippen molar-refractivity contribution in [3.63, 3.8) is 0 Å². The number of methoxy groups -OCH3 is 1. The van der Waals surface area contributed by atoms with Gasteiger partial charge < -0.3 is 58.2 Å². The van der Waals surface area contributed by atoms with Crippen LogP contribution in [0.2, 0.25) is 0 Å². The minimum atomic E-state index is -0.945. The maximum atomic E-state index is 14.2. The zero-order valence-electron chi connectivity index (χ0n) is 33.8. The fraction of sp³-hybridized carbons (Fsp3) is 0.860. The molecule has 17 atom stereocenters. The highest BCUT2D eigenvalue weighted by Crippen LogP contribution is 2.46. The first-order valence-corrected chi connectivity index (χ1v) is 21.7. The van der Waals surface area contributed by atoms with Gasteiger partial charge in [0.15, 0.2) is 5.79 Å². The van der Waals surface area contributed by atoms with Gasteiger partial charge in [-0.3, -0.25) is 9.59 Å². The fourth-order valence-electron chi connectivity index (χ4n) is 11.0. The predicted octanol–water partition coefficient (Wildman–Crippen LogP) is 3.23. The van der Waals surface area contributed by atoms with Gasteiger partial charge in [0, 0.05) is 64.5 Å². The Labute approximate surface area is 336 Å². The van der Waals surface area contributed by atoms with Crippen LogP contribution < -0.4 is 5.32 Å². The van der Waals surface area contributed by atoms with Crippen molar-refractivity contribution in [2.24, 2.45) is 11.8 Å². The minimum Gasteiger partial charge on any atom is -0.391 e. The topological polar surface area (TPSA) is 170 Å². The molecule has 0 aromatic carbocycles. The third-order valence-corrected chi connectivity index (χ3v) is 14.1. The molecular formula is C43H65NO13. The molecule has 0 aromatic rings. The van der Waals surface area contributed by atoms with E-state index in [4.69, 9.17) is 47.7 Å². The van der Waals surface area contributed by atoms with Crippen LogP contribution in [0.1, 0.15) is 96.8 Å². The highest BCUT2D eigenvalue weighted by atomic mass is 16.7. The van der Waals surface area contributed by atoms with E-state index in [0.29, 0.717) is 45.3 Å². The second-order valence-corrected chi connectivity index (χ2v) is 18.1. The number of carbonyl (C=O) groups excluding carboxylic acids is 2. The molecule has 1 amide bonds. The summed E-state index contributed by atoms with van der Waals surface area (Å²) in [7, 11) is 1.61. The second kappa shape index (κ2) is 18.0. The van der Waals surface area contributed by atoms with E-state index in [1.165, 1.54) is 0 Å². The summed E-state index contributed by atoms with van der Waals surface area (Å²) in [5.74, 6) is -1.44. The molecule has 1 unspecified atom stereocenters. The SMILES string of the molecule is C=C1C[C@@H]2CCC34CCOC[C@H](O3)[C@@H]3C[C@@H](O4)[C@@H]4O[C@H](CC[C@@H]4O3)CC(=O)C[C@@H]3[C@H](OC)[C@@H](C[C@H](O)CNC(=O)CO)O[C@H]3C[C@H]3O[C@@H](CC[C@@H]1O2)C[C@H](C)C3=C. The van der Waals surface area contributed by atoms with Gasteiger partial charge in [-0.15, -0.1) is 0 Å². The van der Waals surface area contributed by atoms with Crippen molar-refractivity contribution in [1.82, 2.24) is 5.32 Å². The number of carbonyl (C=O) groups is 2. The van der Waals surface area contributed by atoms with E-state index in [9.17, 15) is 14.7 Å². The van der Waals surface area contributed by atoms with Crippen LogP contribution in [0.25, 0.3) is 0 Å². The number of hydrogen-bond donors (Lipinski definition) is 3. The van der Waals surface area contributed by atoms with Crippen LogP contribution in [0, 0.1) is 11.8 Å². The molecule has 8 aliphatic rings. The van der Waals surface area contributed by atoms with Crippen LogP contribution >= 0.6 is 0 Å². The quantitative estimate of drug-likeness (QED) is 0.335. The van der Waals surface area contributed by atoms with Gasteiger partial charge in [-0.05, 0) is 62.0 Å². The molecule has 0 saturated carbocycles. The van der Waals surface area contributed by atoms with Crippen molar-refractivity contribution in [3.8, 4) is 0 Å². The molecule has 10 bridgehead atoms. The Morgan fingerprint density at radius 1 is 0.860 bits per heavy atom. The summed E-state index contributed by atoms with van der Waals surface area (Å²) in [6.45, 7) is 11.4. The van der Waals surface area contributed by atoms with E-state index in [2.05, 4.69) is 25.4 Å². The van der Waals surface area contributed by atoms with Gasteiger partial charge in [0.1, 0.15) is 24.6 Å². The molecule has 14 heteroatoms. The first-order chi connectivity index (χ1) is 27.5. The lowest BCUT2D eigenvalue weighted by Crippen LogP contribution is -2.56. The molecule has 0 aliphatic carbocycles. The number of nitrogens with one attached hydrogen (secondary N) is 1. The van der Waals surface area contributed by atoms with Crippen molar-refractivity contribution in [2.45, 2.75) is 188 Å². The van der Waals surface area contributed by atoms with E-state index in [-0.39, 0.29) is 104 Å². The summed E-state index contributed by atoms with van der Waals surface area (Å²) in [5, 5.41) is 22.6. The first kappa shape index (κ1) is 41.9. The monoisotopic (exact) mass is 803 g/mol. The van der Waals surface area contributed by atoms with Crippen LogP contribution in [0.5, 0.6) is 0 Å². The number of rotatable bonds is 6. The maximum Gasteiger partial charge on any atom is 0.245 e. The van der Waals surface area contributed by atoms with Crippen LogP contribution in [-0.2, 0) is 52.2 Å². The Morgan fingerprint density at radius 2 is 1.65 bits per heavy atom. The van der Waals surface area contributed by atoms with Crippen molar-refractivity contribution in [2.75, 3.05) is 33.5 Å². The summed E-state index contributed by atoms with van der Waals surface area (Å²) in [6, 6.07) is 0. The highest BCUT2D eigenvalue weighted by Gasteiger charge is 2.55. The van der Waals surface area contributed by atoms with Crippen LogP contribution in [-0.4, -0.2) is 147 Å². The molecule has 8 aliphatic heterocycles. The molecule has 0 aromatic heterocycles. The standard InChI is InChI=1S/C43H65NO13/c1-23-13-28-5-7-32-24(2)14-30(51-32)9-10-43-11-12-50-22-39(57-43)36-19-38(56-43)42-33(54-36)8-6-29(53-42)15-26(46)16-31-35(18-34(52-28)25(23)3)55-37(41(31)49-4)17-27(47)20-44-40(48)21-45/h23,27-39,41-42,45,47H,2-3,5-22H2,1,4H3,(H,44,48)/t23-,27-,28-,29+,30-,31-,32-,33-,34+,35-,36-,37+,38+,39-,41-,42+,43?/m0/s1. The average Bonchev–Trinajstić information content (AvgIpc) is 3.57. The number of fused-ring (bicyclic) bond motifs is 9. The molecule has 320 valence electrons. The maximum absolute atomic E-state index is 14.2. The summed E-state index contributed by atoms with van der Waals surface area (Å²) >= 11 is 0. The van der Waals surface area contributed by atoms with Crippen molar-refractivity contribution >= 4 is 11.7 Å². The third-order valence-electron chi connectivity index (χ3n) is 14.1. The van der Waals surface area contributed by atoms with E-state index in [0.717, 1.165) is 49.7 Å². The van der Waals surface area contributed by atoms with Gasteiger partial charge in [0.05, 0.1) is 86.5 Å². The summed E-state index contributed by atoms with van der Waals surface area (Å²) < 4.78 is 59.7. The fourth-order valence-corrected chi connectivity index (χ4v) is 11.0. The lowest BCUT2D eigenvalue weighted by atomic mass is 9.81. The van der Waals surface area contributed by atoms with Crippen LogP contribution in [0.3, 0.4) is 0 Å². The molecule has 8 rings (SSSR count). The minimum absolute atomic E-state index is 0.00679. The van der Waals surface area contributed by atoms with Gasteiger partial charge in [-0.1, -0.05) is 20.1 Å². The van der Waals surface area contributed by atoms with Gasteiger partial charge in [0.2, 0.25) is 5.91 Å². The molecular weight excluding hydrogens is 738 g/mol. The molecule has 0 radical (unpaired) electrons. The van der Waals surface area contributed by atoms with Gasteiger partial charge >= 0.3 is 0 Å². The highest BCUT2D eigenvalue weighted by molar-refractivity contribution is 5.79. The number of ether oxygens (including phenoxy) is 9. The average molecular weight is 804 g/mol. The lowest BCUT2D eigenvalue weighted by molar-refractivity contribution is -0.287. The first-order valence-electron chi connectivity index (χ1n) is 21.7. The van der Waals surface area contributed by atoms with E-state index >= 15 is 0 Å². The van der Waals surface area contributed by atoms with Crippen molar-refractivity contribution < 1.29 is 62.4 Å². The summed E-state index contributed by atoms with van der Waals surface area (Å²) in [4.78, 5) is 25.9. The van der Waals surface area contributed by atoms with Crippen molar-refractivity contribution in [1.29, 1.82) is 0 Å². The largest absolute Gasteiger partial charge is 0.391 e. The molecule has 8 fully saturated rings. The van der Waals surface area contributed by atoms with Crippen molar-refractivity contribution in [3.05, 3.63) is 24.3 Å². The Balaban J connectivity index is 1.05. The summed E-state index contributed by atoms with van der Waals surface area (Å²) in [5.41, 5.74) is 2.12. The van der Waals surface area contributed by atoms with E-state index in [1.54, 1.807) is 7.11 Å². The van der Waals surface area contributed by atoms with Gasteiger partial charge in [-0.25, -0.2) is 0 Å². The lowest BCUT2D eigenvalue weighted by Gasteiger charge is -2.46. The molecule has 3 N–H and O–H groups in total. The number of Topliss-reactive ketones (excluding diaryl/α,β-unsaturated/α-hetero) is 1. The van der Waals surface area contributed by atoms with E-state index in [1.807, 2.05) is 0 Å². The Bertz CT molecular complexity index is 1460. The zero-order valence-corrected chi connectivity index (χ0v) is 33.8. The predicted molar refractivity (Wildman–Crippen MR) is 204 cm³/mol. The molecule has 14 nitrogen and oxygen atoms in total. The number of hydrogen-bond acceptors (Lipinski definition) is 13. The smallest absolute Gasteiger partial charge is 0.245 e. The Morgan fingerprint density at radius 3 is 2.47 bits per heavy atom. The Kier molecular flexibility index (Phi) is 13.3. The van der Waals surface area contributed by atoms with E-state index < -0.39 is 42.7 Å². The number of amides is 1. The van der Waals surface area contributed by atoms with Gasteiger partial charge in [-0.2, -0.15) is 0 Å². The zero-order chi connectivity index (χ0) is 39.8. The summed E-state index contributed by atoms with van der Waals surface area (Å²) in [6.07, 6.45) is 4.38. The normalized spacial score (nSPS) is 46.0. The number of ketones is 1. The van der Waals surface area contributed by atoms with Crippen LogP contribution in [0.4, 0.5) is 0 Å². The number of aliphatic hydroxyl groups is 2.